The molecule has 2 rings (SSSR count). The van der Waals surface area contributed by atoms with E-state index in [1.165, 1.54) is 10.8 Å². The van der Waals surface area contributed by atoms with E-state index in [1.54, 1.807) is 6.08 Å². The van der Waals surface area contributed by atoms with Crippen LogP contribution in [-0.2, 0) is 6.42 Å². The van der Waals surface area contributed by atoms with E-state index in [1.807, 2.05) is 12.1 Å². The van der Waals surface area contributed by atoms with Gasteiger partial charge in [-0.2, -0.15) is 0 Å². The maximum Gasteiger partial charge on any atom is 0.0758 e. The molecule has 0 saturated heterocycles. The summed E-state index contributed by atoms with van der Waals surface area (Å²) in [7, 11) is 0. The van der Waals surface area contributed by atoms with E-state index < -0.39 is 6.10 Å². The Hall–Kier alpha value is -1.60. The van der Waals surface area contributed by atoms with Crippen LogP contribution in [0.15, 0.2) is 55.1 Å². The van der Waals surface area contributed by atoms with Crippen molar-refractivity contribution in [3.8, 4) is 0 Å². The van der Waals surface area contributed by atoms with Crippen LogP contribution in [0.25, 0.3) is 10.8 Å². The van der Waals surface area contributed by atoms with Crippen LogP contribution in [-0.4, -0.2) is 11.2 Å². The number of aliphatic hydroxyl groups is 1. The van der Waals surface area contributed by atoms with Gasteiger partial charge in [-0.15, -0.1) is 6.58 Å². The highest BCUT2D eigenvalue weighted by Crippen LogP contribution is 2.16. The second-order valence-corrected chi connectivity index (χ2v) is 3.69. The molecular formula is C14H14O. The molecule has 0 aliphatic rings. The molecule has 1 nitrogen and oxygen atoms in total. The second kappa shape index (κ2) is 4.28. The third-order valence-electron chi connectivity index (χ3n) is 2.53. The third-order valence-corrected chi connectivity index (χ3v) is 2.53. The normalized spacial score (nSPS) is 12.6. The molecule has 1 heteroatoms. The highest BCUT2D eigenvalue weighted by molar-refractivity contribution is 5.82. The first-order valence-corrected chi connectivity index (χ1v) is 5.08. The first-order valence-electron chi connectivity index (χ1n) is 5.08. The number of benzene rings is 2. The van der Waals surface area contributed by atoms with Crippen molar-refractivity contribution in [2.45, 2.75) is 12.5 Å². The van der Waals surface area contributed by atoms with E-state index in [0.29, 0.717) is 6.42 Å². The Morgan fingerprint density at radius 1 is 1.13 bits per heavy atom. The number of hydrogen-bond acceptors (Lipinski definition) is 1. The van der Waals surface area contributed by atoms with Crippen molar-refractivity contribution < 1.29 is 5.11 Å². The fourth-order valence-corrected chi connectivity index (χ4v) is 1.69. The highest BCUT2D eigenvalue weighted by Gasteiger charge is 2.01. The van der Waals surface area contributed by atoms with Crippen LogP contribution >= 0.6 is 0 Å². The molecule has 0 radical (unpaired) electrons. The molecule has 15 heavy (non-hydrogen) atoms. The van der Waals surface area contributed by atoms with Crippen molar-refractivity contribution in [2.75, 3.05) is 0 Å². The highest BCUT2D eigenvalue weighted by atomic mass is 16.3. The molecule has 0 aliphatic carbocycles. The molecule has 1 unspecified atom stereocenters. The Balaban J connectivity index is 2.34. The molecule has 0 saturated carbocycles. The number of fused-ring (bicyclic) bond motifs is 1. The Labute approximate surface area is 89.7 Å². The van der Waals surface area contributed by atoms with Crippen LogP contribution in [0, 0.1) is 0 Å². The van der Waals surface area contributed by atoms with Gasteiger partial charge in [0.1, 0.15) is 0 Å². The second-order valence-electron chi connectivity index (χ2n) is 3.69. The van der Waals surface area contributed by atoms with Gasteiger partial charge in [0.05, 0.1) is 6.10 Å². The number of hydrogen-bond donors (Lipinski definition) is 1. The van der Waals surface area contributed by atoms with Crippen LogP contribution in [0.1, 0.15) is 5.56 Å². The quantitative estimate of drug-likeness (QED) is 0.752. The van der Waals surface area contributed by atoms with Crippen molar-refractivity contribution in [2.24, 2.45) is 0 Å². The lowest BCUT2D eigenvalue weighted by molar-refractivity contribution is 0.224. The van der Waals surface area contributed by atoms with Crippen molar-refractivity contribution in [1.29, 1.82) is 0 Å². The lowest BCUT2D eigenvalue weighted by Crippen LogP contribution is -2.05. The fourth-order valence-electron chi connectivity index (χ4n) is 1.69. The molecule has 0 amide bonds. The minimum Gasteiger partial charge on any atom is -0.389 e. The van der Waals surface area contributed by atoms with Gasteiger partial charge in [-0.1, -0.05) is 48.5 Å². The first-order chi connectivity index (χ1) is 7.29. The Morgan fingerprint density at radius 2 is 1.87 bits per heavy atom. The summed E-state index contributed by atoms with van der Waals surface area (Å²) in [5.74, 6) is 0. The van der Waals surface area contributed by atoms with Crippen molar-refractivity contribution >= 4 is 10.8 Å². The van der Waals surface area contributed by atoms with Gasteiger partial charge >= 0.3 is 0 Å². The summed E-state index contributed by atoms with van der Waals surface area (Å²) in [5.41, 5.74) is 1.14. The number of aliphatic hydroxyl groups excluding tert-OH is 1. The van der Waals surface area contributed by atoms with Gasteiger partial charge in [-0.05, 0) is 16.3 Å². The van der Waals surface area contributed by atoms with Gasteiger partial charge in [0, 0.05) is 6.42 Å². The first kappa shape index (κ1) is 9.94. The van der Waals surface area contributed by atoms with Crippen molar-refractivity contribution in [1.82, 2.24) is 0 Å². The van der Waals surface area contributed by atoms with Gasteiger partial charge in [-0.25, -0.2) is 0 Å². The molecule has 1 atom stereocenters. The van der Waals surface area contributed by atoms with Gasteiger partial charge < -0.3 is 5.11 Å². The van der Waals surface area contributed by atoms with Gasteiger partial charge in [0.2, 0.25) is 0 Å². The number of rotatable bonds is 3. The smallest absolute Gasteiger partial charge is 0.0758 e. The largest absolute Gasteiger partial charge is 0.389 e. The van der Waals surface area contributed by atoms with Crippen LogP contribution in [0.5, 0.6) is 0 Å². The van der Waals surface area contributed by atoms with Gasteiger partial charge in [0.25, 0.3) is 0 Å². The van der Waals surface area contributed by atoms with Gasteiger partial charge in [0.15, 0.2) is 0 Å². The molecule has 2 aromatic carbocycles. The topological polar surface area (TPSA) is 20.2 Å². The molecule has 0 aromatic heterocycles. The van der Waals surface area contributed by atoms with E-state index >= 15 is 0 Å². The van der Waals surface area contributed by atoms with E-state index in [-0.39, 0.29) is 0 Å². The van der Waals surface area contributed by atoms with E-state index in [0.717, 1.165) is 5.56 Å². The molecule has 0 aliphatic heterocycles. The lowest BCUT2D eigenvalue weighted by Gasteiger charge is -2.06. The summed E-state index contributed by atoms with van der Waals surface area (Å²) >= 11 is 0. The molecule has 76 valence electrons. The molecular weight excluding hydrogens is 184 g/mol. The third kappa shape index (κ3) is 2.25. The molecule has 0 spiro atoms. The summed E-state index contributed by atoms with van der Waals surface area (Å²) < 4.78 is 0. The SMILES string of the molecule is C=CC(O)Cc1ccc2ccccc2c1. The zero-order valence-electron chi connectivity index (χ0n) is 8.56. The maximum absolute atomic E-state index is 9.47. The van der Waals surface area contributed by atoms with Crippen molar-refractivity contribution in [3.63, 3.8) is 0 Å². The average molecular weight is 198 g/mol. The van der Waals surface area contributed by atoms with E-state index in [4.69, 9.17) is 0 Å². The molecule has 1 N–H and O–H groups in total. The summed E-state index contributed by atoms with van der Waals surface area (Å²) in [4.78, 5) is 0. The molecule has 0 fully saturated rings. The fraction of sp³-hybridized carbons (Fsp3) is 0.143. The minimum absolute atomic E-state index is 0.453. The van der Waals surface area contributed by atoms with Crippen LogP contribution < -0.4 is 0 Å². The maximum atomic E-state index is 9.47. The predicted molar refractivity (Wildman–Crippen MR) is 63.9 cm³/mol. The summed E-state index contributed by atoms with van der Waals surface area (Å²) in [5, 5.41) is 11.9. The molecule has 0 heterocycles. The molecule has 2 aromatic rings. The van der Waals surface area contributed by atoms with Crippen LogP contribution in [0.2, 0.25) is 0 Å². The average Bonchev–Trinajstić information content (AvgIpc) is 2.29. The predicted octanol–water partition coefficient (Wildman–Crippen LogP) is 2.93. The summed E-state index contributed by atoms with van der Waals surface area (Å²) in [6, 6.07) is 14.5. The molecule has 0 bridgehead atoms. The van der Waals surface area contributed by atoms with E-state index in [9.17, 15) is 5.11 Å². The van der Waals surface area contributed by atoms with E-state index in [2.05, 4.69) is 36.9 Å². The standard InChI is InChI=1S/C14H14O/c1-2-14(15)10-11-7-8-12-5-3-4-6-13(12)9-11/h2-9,14-15H,1,10H2. The summed E-state index contributed by atoms with van der Waals surface area (Å²) in [6.07, 6.45) is 1.75. The van der Waals surface area contributed by atoms with Gasteiger partial charge in [-0.3, -0.25) is 0 Å². The van der Waals surface area contributed by atoms with Crippen LogP contribution in [0.4, 0.5) is 0 Å². The lowest BCUT2D eigenvalue weighted by atomic mass is 10.0. The zero-order chi connectivity index (χ0) is 10.7. The zero-order valence-corrected chi connectivity index (χ0v) is 8.56. The Bertz CT molecular complexity index is 473. The summed E-state index contributed by atoms with van der Waals surface area (Å²) in [6.45, 7) is 3.57. The minimum atomic E-state index is -0.453. The monoisotopic (exact) mass is 198 g/mol. The van der Waals surface area contributed by atoms with Crippen LogP contribution in [0.3, 0.4) is 0 Å². The van der Waals surface area contributed by atoms with Crippen molar-refractivity contribution in [3.05, 3.63) is 60.7 Å². The Kier molecular flexibility index (Phi) is 2.84. The Morgan fingerprint density at radius 3 is 2.60 bits per heavy atom.